The minimum Gasteiger partial charge on any atom is -0.162 e. The summed E-state index contributed by atoms with van der Waals surface area (Å²) in [5, 5.41) is 2.58. The molecule has 0 spiro atoms. The molecule has 1 aromatic heterocycles. The van der Waals surface area contributed by atoms with Gasteiger partial charge >= 0.3 is 0 Å². The number of benzene rings is 2. The molecule has 0 aliphatic rings. The van der Waals surface area contributed by atoms with Gasteiger partial charge in [0.15, 0.2) is 11.4 Å². The largest absolute Gasteiger partial charge is 0.218 e. The Morgan fingerprint density at radius 2 is 1.37 bits per heavy atom. The lowest BCUT2D eigenvalue weighted by Gasteiger charge is -2.07. The molecule has 0 unspecified atom stereocenters. The first-order valence-electron chi connectivity index (χ1n) is 6.65. The van der Waals surface area contributed by atoms with E-state index in [9.17, 15) is 0 Å². The highest BCUT2D eigenvalue weighted by Crippen LogP contribution is 2.19. The van der Waals surface area contributed by atoms with Crippen molar-refractivity contribution in [3.8, 4) is 5.69 Å². The van der Waals surface area contributed by atoms with E-state index in [1.165, 1.54) is 33.4 Å². The van der Waals surface area contributed by atoms with Crippen molar-refractivity contribution in [2.75, 3.05) is 0 Å². The van der Waals surface area contributed by atoms with Crippen LogP contribution in [-0.4, -0.2) is 0 Å². The zero-order chi connectivity index (χ0) is 13.4. The Morgan fingerprint density at radius 3 is 2.11 bits per heavy atom. The van der Waals surface area contributed by atoms with Crippen LogP contribution >= 0.6 is 0 Å². The maximum absolute atomic E-state index is 2.33. The van der Waals surface area contributed by atoms with Crippen LogP contribution in [0.15, 0.2) is 54.6 Å². The van der Waals surface area contributed by atoms with Gasteiger partial charge in [0.2, 0.25) is 5.69 Å². The molecule has 2 aromatic carbocycles. The van der Waals surface area contributed by atoms with E-state index in [2.05, 4.69) is 79.9 Å². The molecule has 0 aliphatic heterocycles. The fourth-order valence-electron chi connectivity index (χ4n) is 2.89. The van der Waals surface area contributed by atoms with E-state index in [1.54, 1.807) is 0 Å². The molecule has 0 N–H and O–H groups in total. The lowest BCUT2D eigenvalue weighted by Crippen LogP contribution is -2.37. The van der Waals surface area contributed by atoms with Gasteiger partial charge in [0, 0.05) is 32.0 Å². The predicted molar refractivity (Wildman–Crippen MR) is 79.7 cm³/mol. The standard InChI is InChI=1S/C18H18N/c1-13-11-14(2)19(15(3)12-13)18-10-6-8-16-7-4-5-9-17(16)18/h4-12H,1-3H3/q+1. The van der Waals surface area contributed by atoms with Crippen molar-refractivity contribution in [2.24, 2.45) is 0 Å². The molecule has 0 bridgehead atoms. The summed E-state index contributed by atoms with van der Waals surface area (Å²) >= 11 is 0. The van der Waals surface area contributed by atoms with E-state index in [-0.39, 0.29) is 0 Å². The Balaban J connectivity index is 2.37. The fourth-order valence-corrected chi connectivity index (χ4v) is 2.89. The lowest BCUT2D eigenvalue weighted by atomic mass is 10.1. The molecule has 0 saturated carbocycles. The SMILES string of the molecule is Cc1cc(C)[n+](-c2cccc3ccccc23)c(C)c1. The third-order valence-electron chi connectivity index (χ3n) is 3.59. The highest BCUT2D eigenvalue weighted by Gasteiger charge is 2.17. The first kappa shape index (κ1) is 11.9. The zero-order valence-electron chi connectivity index (χ0n) is 11.6. The van der Waals surface area contributed by atoms with Crippen molar-refractivity contribution in [1.82, 2.24) is 0 Å². The third kappa shape index (κ3) is 2.01. The van der Waals surface area contributed by atoms with Crippen LogP contribution in [0.25, 0.3) is 16.5 Å². The summed E-state index contributed by atoms with van der Waals surface area (Å²) in [6, 6.07) is 19.5. The number of hydrogen-bond donors (Lipinski definition) is 0. The number of hydrogen-bond acceptors (Lipinski definition) is 0. The molecular weight excluding hydrogens is 230 g/mol. The molecular formula is C18H18N+. The van der Waals surface area contributed by atoms with Crippen molar-refractivity contribution in [3.63, 3.8) is 0 Å². The number of rotatable bonds is 1. The molecule has 0 fully saturated rings. The zero-order valence-corrected chi connectivity index (χ0v) is 11.6. The summed E-state index contributed by atoms with van der Waals surface area (Å²) in [7, 11) is 0. The second kappa shape index (κ2) is 4.51. The van der Waals surface area contributed by atoms with Gasteiger partial charge in [-0.25, -0.2) is 0 Å². The maximum atomic E-state index is 2.33. The fraction of sp³-hybridized carbons (Fsp3) is 0.167. The summed E-state index contributed by atoms with van der Waals surface area (Å²) in [5.41, 5.74) is 5.11. The molecule has 94 valence electrons. The van der Waals surface area contributed by atoms with Crippen LogP contribution in [0.5, 0.6) is 0 Å². The minimum absolute atomic E-state index is 1.26. The lowest BCUT2D eigenvalue weighted by molar-refractivity contribution is -0.608. The minimum atomic E-state index is 1.26. The monoisotopic (exact) mass is 248 g/mol. The second-order valence-electron chi connectivity index (χ2n) is 5.15. The first-order valence-corrected chi connectivity index (χ1v) is 6.65. The summed E-state index contributed by atoms with van der Waals surface area (Å²) in [5.74, 6) is 0. The van der Waals surface area contributed by atoms with Gasteiger partial charge in [-0.2, -0.15) is 4.57 Å². The summed E-state index contributed by atoms with van der Waals surface area (Å²) < 4.78 is 2.33. The van der Waals surface area contributed by atoms with Crippen LogP contribution < -0.4 is 4.57 Å². The Kier molecular flexibility index (Phi) is 2.83. The highest BCUT2D eigenvalue weighted by atomic mass is 15.0. The Labute approximate surface area is 114 Å². The van der Waals surface area contributed by atoms with Crippen molar-refractivity contribution >= 4 is 10.8 Å². The van der Waals surface area contributed by atoms with Gasteiger partial charge in [0.05, 0.1) is 5.39 Å². The smallest absolute Gasteiger partial charge is 0.162 e. The number of aryl methyl sites for hydroxylation is 3. The number of pyridine rings is 1. The quantitative estimate of drug-likeness (QED) is 0.572. The van der Waals surface area contributed by atoms with Crippen LogP contribution in [0.4, 0.5) is 0 Å². The van der Waals surface area contributed by atoms with E-state index in [0.29, 0.717) is 0 Å². The van der Waals surface area contributed by atoms with Gasteiger partial charge < -0.3 is 0 Å². The second-order valence-corrected chi connectivity index (χ2v) is 5.15. The van der Waals surface area contributed by atoms with Gasteiger partial charge in [-0.05, 0) is 23.9 Å². The van der Waals surface area contributed by atoms with Crippen LogP contribution in [0.2, 0.25) is 0 Å². The van der Waals surface area contributed by atoms with E-state index in [0.717, 1.165) is 0 Å². The third-order valence-corrected chi connectivity index (χ3v) is 3.59. The molecule has 1 heterocycles. The van der Waals surface area contributed by atoms with Crippen LogP contribution in [0.3, 0.4) is 0 Å². The highest BCUT2D eigenvalue weighted by molar-refractivity contribution is 5.88. The molecule has 1 heteroatoms. The van der Waals surface area contributed by atoms with E-state index in [1.807, 2.05) is 0 Å². The van der Waals surface area contributed by atoms with Gasteiger partial charge in [-0.1, -0.05) is 30.3 Å². The Hall–Kier alpha value is -2.15. The molecule has 0 radical (unpaired) electrons. The van der Waals surface area contributed by atoms with E-state index in [4.69, 9.17) is 0 Å². The van der Waals surface area contributed by atoms with Gasteiger partial charge in [0.1, 0.15) is 0 Å². The van der Waals surface area contributed by atoms with Crippen LogP contribution in [-0.2, 0) is 0 Å². The van der Waals surface area contributed by atoms with E-state index < -0.39 is 0 Å². The van der Waals surface area contributed by atoms with Crippen molar-refractivity contribution in [2.45, 2.75) is 20.8 Å². The van der Waals surface area contributed by atoms with Crippen molar-refractivity contribution < 1.29 is 4.57 Å². The van der Waals surface area contributed by atoms with E-state index >= 15 is 0 Å². The summed E-state index contributed by atoms with van der Waals surface area (Å²) in [6.07, 6.45) is 0. The molecule has 0 aliphatic carbocycles. The Morgan fingerprint density at radius 1 is 0.737 bits per heavy atom. The molecule has 19 heavy (non-hydrogen) atoms. The molecule has 3 aromatic rings. The first-order chi connectivity index (χ1) is 9.16. The van der Waals surface area contributed by atoms with Crippen LogP contribution in [0, 0.1) is 20.8 Å². The van der Waals surface area contributed by atoms with Crippen molar-refractivity contribution in [1.29, 1.82) is 0 Å². The molecule has 1 nitrogen and oxygen atoms in total. The number of fused-ring (bicyclic) bond motifs is 1. The predicted octanol–water partition coefficient (Wildman–Crippen LogP) is 4.04. The van der Waals surface area contributed by atoms with Gasteiger partial charge in [0.25, 0.3) is 0 Å². The normalized spacial score (nSPS) is 10.9. The van der Waals surface area contributed by atoms with Gasteiger partial charge in [-0.15, -0.1) is 0 Å². The average molecular weight is 248 g/mol. The number of aromatic nitrogens is 1. The topological polar surface area (TPSA) is 3.88 Å². The number of nitrogens with zero attached hydrogens (tertiary/aromatic N) is 1. The molecule has 0 amide bonds. The summed E-state index contributed by atoms with van der Waals surface area (Å²) in [4.78, 5) is 0. The average Bonchev–Trinajstić information content (AvgIpc) is 2.38. The molecule has 0 saturated heterocycles. The molecule has 0 atom stereocenters. The summed E-state index contributed by atoms with van der Waals surface area (Å²) in [6.45, 7) is 6.48. The van der Waals surface area contributed by atoms with Gasteiger partial charge in [-0.3, -0.25) is 0 Å². The molecule has 3 rings (SSSR count). The van der Waals surface area contributed by atoms with Crippen molar-refractivity contribution in [3.05, 3.63) is 71.5 Å². The maximum Gasteiger partial charge on any atom is 0.218 e. The van der Waals surface area contributed by atoms with Crippen LogP contribution in [0.1, 0.15) is 17.0 Å². The Bertz CT molecular complexity index is 728.